The highest BCUT2D eigenvalue weighted by atomic mass is 16.6. The molecule has 1 saturated heterocycles. The van der Waals surface area contributed by atoms with Crippen LogP contribution in [0, 0.1) is 16.7 Å². The second-order valence-electron chi connectivity index (χ2n) is 13.5. The summed E-state index contributed by atoms with van der Waals surface area (Å²) in [6.07, 6.45) is -0.814. The van der Waals surface area contributed by atoms with Crippen LogP contribution in [0.1, 0.15) is 66.6 Å². The molecule has 0 radical (unpaired) electrons. The van der Waals surface area contributed by atoms with Gasteiger partial charge in [-0.05, 0) is 56.4 Å². The number of ketones is 1. The first-order valence-corrected chi connectivity index (χ1v) is 14.7. The smallest absolute Gasteiger partial charge is 0.303 e. The van der Waals surface area contributed by atoms with Gasteiger partial charge in [-0.2, -0.15) is 0 Å². The van der Waals surface area contributed by atoms with Gasteiger partial charge in [0.25, 0.3) is 0 Å². The number of rotatable bonds is 7. The van der Waals surface area contributed by atoms with Crippen molar-refractivity contribution in [3.63, 3.8) is 0 Å². The van der Waals surface area contributed by atoms with Crippen molar-refractivity contribution in [2.24, 2.45) is 16.7 Å². The van der Waals surface area contributed by atoms with Gasteiger partial charge >= 0.3 is 5.97 Å². The van der Waals surface area contributed by atoms with Crippen molar-refractivity contribution in [2.75, 3.05) is 7.11 Å². The summed E-state index contributed by atoms with van der Waals surface area (Å²) in [5.41, 5.74) is -5.63. The molecule has 1 aromatic heterocycles. The molecule has 5 rings (SSSR count). The second-order valence-corrected chi connectivity index (χ2v) is 13.5. The largest absolute Gasteiger partial charge is 0.497 e. The number of carbonyl (C=O) groups excluding carboxylic acids is 2. The minimum atomic E-state index is -2.19. The van der Waals surface area contributed by atoms with Crippen LogP contribution in [0.5, 0.6) is 5.75 Å². The topological polar surface area (TPSA) is 138 Å². The number of ether oxygens (including phenoxy) is 4. The Kier molecular flexibility index (Phi) is 7.69. The molecular weight excluding hydrogens is 554 g/mol. The Hall–Kier alpha value is -3.05. The molecule has 2 heterocycles. The number of nitrogens with zero attached hydrogens (tertiary/aromatic N) is 1. The Balaban J connectivity index is 1.55. The first-order chi connectivity index (χ1) is 20.1. The lowest BCUT2D eigenvalue weighted by Gasteiger charge is -2.71. The number of benzene rings is 1. The van der Waals surface area contributed by atoms with Crippen molar-refractivity contribution >= 4 is 11.8 Å². The second kappa shape index (κ2) is 10.5. The third-order valence-electron chi connectivity index (χ3n) is 10.4. The van der Waals surface area contributed by atoms with Crippen LogP contribution in [0.15, 0.2) is 47.5 Å². The standard InChI is InChI=1S/C33H43NO9/c1-9-30(5)17-24(36)33(38)31(6)25(40-18-22-16-23(34-42-22)20-10-12-21(39-8)13-11-20)14-15-29(3,4)27(31)26(41-19(2)35)28(37)32(33,7)43-30/h9-13,16,25-28,37-38H,1,14-15,17-18H2,2-8H3/t25-,26-,27-,28-,30-,31-,32+,33-/m0/s1. The van der Waals surface area contributed by atoms with Crippen molar-refractivity contribution in [3.8, 4) is 17.0 Å². The minimum absolute atomic E-state index is 0.0174. The number of aliphatic hydroxyl groups excluding tert-OH is 1. The average Bonchev–Trinajstić information content (AvgIpc) is 3.42. The van der Waals surface area contributed by atoms with E-state index in [0.29, 0.717) is 24.3 Å². The van der Waals surface area contributed by atoms with Crippen molar-refractivity contribution in [1.82, 2.24) is 5.16 Å². The van der Waals surface area contributed by atoms with E-state index in [1.54, 1.807) is 27.0 Å². The molecule has 43 heavy (non-hydrogen) atoms. The third kappa shape index (κ3) is 4.65. The van der Waals surface area contributed by atoms with E-state index in [4.69, 9.17) is 23.5 Å². The molecule has 2 aliphatic carbocycles. The fraction of sp³-hybridized carbons (Fsp3) is 0.606. The highest BCUT2D eigenvalue weighted by Crippen LogP contribution is 2.67. The number of hydrogen-bond donors (Lipinski definition) is 2. The van der Waals surface area contributed by atoms with E-state index in [1.165, 1.54) is 19.9 Å². The van der Waals surface area contributed by atoms with Crippen molar-refractivity contribution < 1.29 is 43.3 Å². The van der Waals surface area contributed by atoms with Gasteiger partial charge in [0, 0.05) is 36.3 Å². The van der Waals surface area contributed by atoms with E-state index in [1.807, 2.05) is 38.1 Å². The maximum Gasteiger partial charge on any atom is 0.303 e. The Labute approximate surface area is 252 Å². The predicted molar refractivity (Wildman–Crippen MR) is 156 cm³/mol. The summed E-state index contributed by atoms with van der Waals surface area (Å²) in [5, 5.41) is 28.9. The Bertz CT molecular complexity index is 1400. The molecule has 1 aliphatic heterocycles. The lowest BCUT2D eigenvalue weighted by molar-refractivity contribution is -0.373. The average molecular weight is 598 g/mol. The van der Waals surface area contributed by atoms with Crippen LogP contribution >= 0.6 is 0 Å². The van der Waals surface area contributed by atoms with E-state index >= 15 is 0 Å². The molecule has 2 saturated carbocycles. The summed E-state index contributed by atoms with van der Waals surface area (Å²) in [6.45, 7) is 14.1. The molecule has 0 unspecified atom stereocenters. The number of Topliss-reactive ketones (excluding diaryl/α,β-unsaturated/α-hetero) is 1. The van der Waals surface area contributed by atoms with Gasteiger partial charge in [0.05, 0.1) is 18.8 Å². The van der Waals surface area contributed by atoms with Crippen molar-refractivity contribution in [1.29, 1.82) is 0 Å². The number of esters is 1. The maximum atomic E-state index is 14.2. The van der Waals surface area contributed by atoms with Crippen LogP contribution in [-0.2, 0) is 30.4 Å². The van der Waals surface area contributed by atoms with Gasteiger partial charge in [0.1, 0.15) is 35.9 Å². The Morgan fingerprint density at radius 2 is 1.86 bits per heavy atom. The van der Waals surface area contributed by atoms with Gasteiger partial charge < -0.3 is 33.7 Å². The first kappa shape index (κ1) is 31.4. The predicted octanol–water partition coefficient (Wildman–Crippen LogP) is 4.41. The Morgan fingerprint density at radius 1 is 1.19 bits per heavy atom. The molecule has 10 nitrogen and oxygen atoms in total. The van der Waals surface area contributed by atoms with Gasteiger partial charge in [0.2, 0.25) is 0 Å². The SMILES string of the molecule is C=C[C@@]1(C)CC(=O)[C@]2(O)[C@@]3(C)[C@@H](OCc4cc(-c5ccc(OC)cc5)no4)CCC(C)(C)[C@@H]3[C@H](OC(C)=O)[C@H](O)[C@@]2(C)O1. The first-order valence-electron chi connectivity index (χ1n) is 14.7. The molecule has 10 heteroatoms. The van der Waals surface area contributed by atoms with Gasteiger partial charge in [-0.1, -0.05) is 32.0 Å². The lowest BCUT2D eigenvalue weighted by Crippen LogP contribution is -2.86. The number of fused-ring (bicyclic) bond motifs is 3. The van der Waals surface area contributed by atoms with Gasteiger partial charge in [0.15, 0.2) is 17.1 Å². The number of carbonyl (C=O) groups is 2. The van der Waals surface area contributed by atoms with Crippen LogP contribution in [0.25, 0.3) is 11.3 Å². The summed E-state index contributed by atoms with van der Waals surface area (Å²) in [7, 11) is 1.60. The molecule has 0 amide bonds. The quantitative estimate of drug-likeness (QED) is 0.349. The van der Waals surface area contributed by atoms with Crippen LogP contribution < -0.4 is 4.74 Å². The van der Waals surface area contributed by atoms with E-state index in [-0.39, 0.29) is 13.0 Å². The summed E-state index contributed by atoms with van der Waals surface area (Å²) in [4.78, 5) is 26.6. The van der Waals surface area contributed by atoms with E-state index in [2.05, 4.69) is 11.7 Å². The van der Waals surface area contributed by atoms with Crippen LogP contribution in [-0.4, -0.2) is 69.3 Å². The maximum absolute atomic E-state index is 14.2. The monoisotopic (exact) mass is 597 g/mol. The highest BCUT2D eigenvalue weighted by Gasteiger charge is 2.81. The van der Waals surface area contributed by atoms with E-state index < -0.39 is 63.6 Å². The van der Waals surface area contributed by atoms with Crippen LogP contribution in [0.2, 0.25) is 0 Å². The molecule has 0 spiro atoms. The number of methoxy groups -OCH3 is 1. The number of aromatic nitrogens is 1. The number of aliphatic hydroxyl groups is 2. The summed E-state index contributed by atoms with van der Waals surface area (Å²) in [5.74, 6) is -0.544. The zero-order valence-corrected chi connectivity index (χ0v) is 26.0. The summed E-state index contributed by atoms with van der Waals surface area (Å²) in [6, 6.07) is 9.20. The molecule has 2 N–H and O–H groups in total. The summed E-state index contributed by atoms with van der Waals surface area (Å²) >= 11 is 0. The molecule has 1 aromatic carbocycles. The highest BCUT2D eigenvalue weighted by molar-refractivity contribution is 5.92. The van der Waals surface area contributed by atoms with Crippen molar-refractivity contribution in [2.45, 2.75) is 103 Å². The Morgan fingerprint density at radius 3 is 2.47 bits per heavy atom. The normalized spacial score (nSPS) is 38.5. The molecular formula is C33H43NO9. The molecule has 2 aromatic rings. The molecule has 3 fully saturated rings. The van der Waals surface area contributed by atoms with Crippen LogP contribution in [0.4, 0.5) is 0 Å². The molecule has 3 aliphatic rings. The molecule has 0 bridgehead atoms. The van der Waals surface area contributed by atoms with E-state index in [0.717, 1.165) is 11.3 Å². The fourth-order valence-corrected chi connectivity index (χ4v) is 8.29. The minimum Gasteiger partial charge on any atom is -0.497 e. The lowest BCUT2D eigenvalue weighted by atomic mass is 9.39. The van der Waals surface area contributed by atoms with Crippen LogP contribution in [0.3, 0.4) is 0 Å². The summed E-state index contributed by atoms with van der Waals surface area (Å²) < 4.78 is 29.7. The third-order valence-corrected chi connectivity index (χ3v) is 10.4. The fourth-order valence-electron chi connectivity index (χ4n) is 8.29. The molecule has 8 atom stereocenters. The number of hydrogen-bond acceptors (Lipinski definition) is 10. The van der Waals surface area contributed by atoms with Gasteiger partial charge in [-0.3, -0.25) is 9.59 Å². The van der Waals surface area contributed by atoms with Crippen molar-refractivity contribution in [3.05, 3.63) is 48.7 Å². The zero-order chi connectivity index (χ0) is 31.6. The van der Waals surface area contributed by atoms with Gasteiger partial charge in [-0.15, -0.1) is 6.58 Å². The zero-order valence-electron chi connectivity index (χ0n) is 26.0. The van der Waals surface area contributed by atoms with Gasteiger partial charge in [-0.25, -0.2) is 0 Å². The molecule has 234 valence electrons. The van der Waals surface area contributed by atoms with E-state index in [9.17, 15) is 19.8 Å².